The standard InChI is InChI=1S/C15H32/c1-6-14(5)11-12-15(7-2)10-8-9-13(3)4/h13-15H,6-12H2,1-5H3. The lowest BCUT2D eigenvalue weighted by Crippen LogP contribution is -2.03. The topological polar surface area (TPSA) is 0 Å². The Hall–Kier alpha value is 0. The lowest BCUT2D eigenvalue weighted by Gasteiger charge is -2.17. The molecule has 0 nitrogen and oxygen atoms in total. The predicted octanol–water partition coefficient (Wildman–Crippen LogP) is 5.67. The maximum Gasteiger partial charge on any atom is -0.0417 e. The van der Waals surface area contributed by atoms with E-state index in [9.17, 15) is 0 Å². The van der Waals surface area contributed by atoms with Crippen LogP contribution in [0.1, 0.15) is 79.6 Å². The van der Waals surface area contributed by atoms with Crippen LogP contribution in [0.25, 0.3) is 0 Å². The van der Waals surface area contributed by atoms with Crippen molar-refractivity contribution in [2.45, 2.75) is 79.6 Å². The minimum atomic E-state index is 0.886. The first-order chi connectivity index (χ1) is 7.10. The van der Waals surface area contributed by atoms with Crippen molar-refractivity contribution < 1.29 is 0 Å². The average molecular weight is 212 g/mol. The third-order valence-corrected chi connectivity index (χ3v) is 3.74. The van der Waals surface area contributed by atoms with Crippen LogP contribution in [0, 0.1) is 17.8 Å². The Labute approximate surface area is 97.8 Å². The molecule has 0 aromatic heterocycles. The summed E-state index contributed by atoms with van der Waals surface area (Å²) in [6, 6.07) is 0. The van der Waals surface area contributed by atoms with E-state index in [2.05, 4.69) is 34.6 Å². The van der Waals surface area contributed by atoms with E-state index in [4.69, 9.17) is 0 Å². The van der Waals surface area contributed by atoms with Crippen LogP contribution >= 0.6 is 0 Å². The molecule has 0 saturated heterocycles. The normalized spacial score (nSPS) is 15.6. The van der Waals surface area contributed by atoms with Gasteiger partial charge in [-0.3, -0.25) is 0 Å². The average Bonchev–Trinajstić information content (AvgIpc) is 2.22. The third kappa shape index (κ3) is 8.96. The summed E-state index contributed by atoms with van der Waals surface area (Å²) in [6.45, 7) is 11.7. The van der Waals surface area contributed by atoms with Gasteiger partial charge >= 0.3 is 0 Å². The number of hydrogen-bond acceptors (Lipinski definition) is 0. The Balaban J connectivity index is 3.54. The largest absolute Gasteiger partial charge is 0.0651 e. The smallest absolute Gasteiger partial charge is 0.0417 e. The van der Waals surface area contributed by atoms with E-state index in [0.717, 1.165) is 17.8 Å². The lowest BCUT2D eigenvalue weighted by molar-refractivity contribution is 0.357. The van der Waals surface area contributed by atoms with Crippen molar-refractivity contribution in [2.75, 3.05) is 0 Å². The van der Waals surface area contributed by atoms with Crippen LogP contribution in [0.2, 0.25) is 0 Å². The molecule has 0 fully saturated rings. The van der Waals surface area contributed by atoms with Crippen molar-refractivity contribution >= 4 is 0 Å². The fraction of sp³-hybridized carbons (Fsp3) is 1.00. The molecule has 92 valence electrons. The maximum absolute atomic E-state index is 2.39. The zero-order valence-electron chi connectivity index (χ0n) is 11.7. The highest BCUT2D eigenvalue weighted by Crippen LogP contribution is 2.23. The summed E-state index contributed by atoms with van der Waals surface area (Å²) < 4.78 is 0. The molecule has 0 aromatic rings. The van der Waals surface area contributed by atoms with Crippen molar-refractivity contribution in [2.24, 2.45) is 17.8 Å². The molecule has 0 bridgehead atoms. The van der Waals surface area contributed by atoms with Crippen LogP contribution in [-0.4, -0.2) is 0 Å². The molecule has 0 saturated carbocycles. The molecule has 0 heterocycles. The molecule has 0 amide bonds. The molecular formula is C15H32. The van der Waals surface area contributed by atoms with Gasteiger partial charge in [0.15, 0.2) is 0 Å². The quantitative estimate of drug-likeness (QED) is 0.462. The predicted molar refractivity (Wildman–Crippen MR) is 71.2 cm³/mol. The maximum atomic E-state index is 2.39. The van der Waals surface area contributed by atoms with Crippen LogP contribution in [0.3, 0.4) is 0 Å². The van der Waals surface area contributed by atoms with E-state index in [-0.39, 0.29) is 0 Å². The highest BCUT2D eigenvalue weighted by atomic mass is 14.1. The molecule has 0 radical (unpaired) electrons. The van der Waals surface area contributed by atoms with Crippen molar-refractivity contribution in [1.29, 1.82) is 0 Å². The summed E-state index contributed by atoms with van der Waals surface area (Å²) in [5.74, 6) is 2.82. The Bertz CT molecular complexity index is 126. The zero-order chi connectivity index (χ0) is 11.7. The Morgan fingerprint density at radius 3 is 1.87 bits per heavy atom. The van der Waals surface area contributed by atoms with Crippen molar-refractivity contribution in [3.63, 3.8) is 0 Å². The molecule has 0 rings (SSSR count). The number of rotatable bonds is 9. The molecule has 0 aliphatic rings. The molecule has 0 aromatic carbocycles. The first kappa shape index (κ1) is 15.0. The van der Waals surface area contributed by atoms with Gasteiger partial charge < -0.3 is 0 Å². The van der Waals surface area contributed by atoms with Gasteiger partial charge in [-0.25, -0.2) is 0 Å². The van der Waals surface area contributed by atoms with Crippen molar-refractivity contribution in [3.05, 3.63) is 0 Å². The van der Waals surface area contributed by atoms with Gasteiger partial charge in [0.05, 0.1) is 0 Å². The molecule has 0 heteroatoms. The van der Waals surface area contributed by atoms with Crippen LogP contribution in [0.5, 0.6) is 0 Å². The third-order valence-electron chi connectivity index (χ3n) is 3.74. The van der Waals surface area contributed by atoms with Crippen LogP contribution in [0.15, 0.2) is 0 Å². The van der Waals surface area contributed by atoms with E-state index in [1.165, 1.54) is 44.9 Å². The lowest BCUT2D eigenvalue weighted by atomic mass is 9.89. The van der Waals surface area contributed by atoms with Gasteiger partial charge in [0.1, 0.15) is 0 Å². The van der Waals surface area contributed by atoms with E-state index in [0.29, 0.717) is 0 Å². The first-order valence-corrected chi connectivity index (χ1v) is 7.10. The number of hydrogen-bond donors (Lipinski definition) is 0. The highest BCUT2D eigenvalue weighted by molar-refractivity contribution is 4.61. The second-order valence-electron chi connectivity index (χ2n) is 5.69. The SMILES string of the molecule is CCC(C)CCC(CC)CCCC(C)C. The molecule has 2 atom stereocenters. The van der Waals surface area contributed by atoms with Gasteiger partial charge in [-0.1, -0.05) is 79.6 Å². The van der Waals surface area contributed by atoms with Crippen LogP contribution in [0.4, 0.5) is 0 Å². The van der Waals surface area contributed by atoms with Gasteiger partial charge in [-0.2, -0.15) is 0 Å². The second kappa shape index (κ2) is 9.24. The fourth-order valence-electron chi connectivity index (χ4n) is 2.09. The van der Waals surface area contributed by atoms with E-state index in [1.807, 2.05) is 0 Å². The Kier molecular flexibility index (Phi) is 9.24. The molecule has 15 heavy (non-hydrogen) atoms. The summed E-state index contributed by atoms with van der Waals surface area (Å²) in [6.07, 6.45) is 9.96. The first-order valence-electron chi connectivity index (χ1n) is 7.10. The fourth-order valence-corrected chi connectivity index (χ4v) is 2.09. The summed E-state index contributed by atoms with van der Waals surface area (Å²) >= 11 is 0. The van der Waals surface area contributed by atoms with Crippen molar-refractivity contribution in [3.8, 4) is 0 Å². The zero-order valence-corrected chi connectivity index (χ0v) is 11.7. The van der Waals surface area contributed by atoms with Gasteiger partial charge in [0.25, 0.3) is 0 Å². The van der Waals surface area contributed by atoms with Crippen LogP contribution < -0.4 is 0 Å². The van der Waals surface area contributed by atoms with Crippen molar-refractivity contribution in [1.82, 2.24) is 0 Å². The molecule has 0 spiro atoms. The van der Waals surface area contributed by atoms with Gasteiger partial charge in [0, 0.05) is 0 Å². The highest BCUT2D eigenvalue weighted by Gasteiger charge is 2.08. The Morgan fingerprint density at radius 2 is 1.40 bits per heavy atom. The molecule has 0 aliphatic carbocycles. The van der Waals surface area contributed by atoms with Gasteiger partial charge in [-0.05, 0) is 17.8 Å². The van der Waals surface area contributed by atoms with Gasteiger partial charge in [0.2, 0.25) is 0 Å². The monoisotopic (exact) mass is 212 g/mol. The summed E-state index contributed by atoms with van der Waals surface area (Å²) in [5, 5.41) is 0. The molecule has 0 N–H and O–H groups in total. The minimum absolute atomic E-state index is 0.886. The summed E-state index contributed by atoms with van der Waals surface area (Å²) in [4.78, 5) is 0. The minimum Gasteiger partial charge on any atom is -0.0651 e. The van der Waals surface area contributed by atoms with Crippen LogP contribution in [-0.2, 0) is 0 Å². The van der Waals surface area contributed by atoms with Gasteiger partial charge in [-0.15, -0.1) is 0 Å². The van der Waals surface area contributed by atoms with E-state index in [1.54, 1.807) is 0 Å². The summed E-state index contributed by atoms with van der Waals surface area (Å²) in [5.41, 5.74) is 0. The molecule has 0 aliphatic heterocycles. The Morgan fingerprint density at radius 1 is 0.733 bits per heavy atom. The molecule has 2 unspecified atom stereocenters. The van der Waals surface area contributed by atoms with E-state index >= 15 is 0 Å². The second-order valence-corrected chi connectivity index (χ2v) is 5.69. The van der Waals surface area contributed by atoms with E-state index < -0.39 is 0 Å². The molecular weight excluding hydrogens is 180 g/mol. The summed E-state index contributed by atoms with van der Waals surface area (Å²) in [7, 11) is 0.